The largest absolute Gasteiger partial charge is 0.306 e. The summed E-state index contributed by atoms with van der Waals surface area (Å²) in [5.74, 6) is -0.148. The highest BCUT2D eigenvalue weighted by Gasteiger charge is 2.26. The standard InChI is InChI=1S/C27H27N5O/c1-17(2)31(21-11-8-10-20(13-21)15-28)27(33)23-14-25(22-12-7-6-9-19(22)5)30-26-24(23)16-29-32(26)18(3)4/h6-14,16-18H,1-5H3. The number of hydrogen-bond acceptors (Lipinski definition) is 4. The van der Waals surface area contributed by atoms with E-state index in [-0.39, 0.29) is 18.0 Å². The third-order valence-electron chi connectivity index (χ3n) is 5.70. The Bertz CT molecular complexity index is 1380. The summed E-state index contributed by atoms with van der Waals surface area (Å²) in [5, 5.41) is 14.6. The van der Waals surface area contributed by atoms with Crippen LogP contribution in [0.1, 0.15) is 55.2 Å². The molecule has 6 heteroatoms. The molecule has 33 heavy (non-hydrogen) atoms. The molecule has 0 radical (unpaired) electrons. The van der Waals surface area contributed by atoms with Gasteiger partial charge in [0, 0.05) is 23.3 Å². The number of carbonyl (C=O) groups excluding carboxylic acids is 1. The van der Waals surface area contributed by atoms with E-state index in [2.05, 4.69) is 11.2 Å². The van der Waals surface area contributed by atoms with Gasteiger partial charge in [-0.05, 0) is 64.4 Å². The van der Waals surface area contributed by atoms with Crippen molar-refractivity contribution in [1.82, 2.24) is 14.8 Å². The van der Waals surface area contributed by atoms with Crippen molar-refractivity contribution < 1.29 is 4.79 Å². The molecule has 0 saturated heterocycles. The van der Waals surface area contributed by atoms with E-state index in [9.17, 15) is 10.1 Å². The maximum atomic E-state index is 14.0. The van der Waals surface area contributed by atoms with Gasteiger partial charge in [0.25, 0.3) is 5.91 Å². The van der Waals surface area contributed by atoms with E-state index in [0.717, 1.165) is 16.8 Å². The number of rotatable bonds is 5. The minimum absolute atomic E-state index is 0.0959. The van der Waals surface area contributed by atoms with Gasteiger partial charge in [-0.1, -0.05) is 30.3 Å². The molecule has 6 nitrogen and oxygen atoms in total. The number of carbonyl (C=O) groups is 1. The number of benzene rings is 2. The molecule has 2 heterocycles. The lowest BCUT2D eigenvalue weighted by atomic mass is 10.0. The topological polar surface area (TPSA) is 74.8 Å². The van der Waals surface area contributed by atoms with Crippen molar-refractivity contribution in [3.63, 3.8) is 0 Å². The molecule has 0 N–H and O–H groups in total. The van der Waals surface area contributed by atoms with Crippen molar-refractivity contribution in [2.75, 3.05) is 4.90 Å². The Morgan fingerprint density at radius 3 is 2.48 bits per heavy atom. The monoisotopic (exact) mass is 437 g/mol. The molecule has 166 valence electrons. The lowest BCUT2D eigenvalue weighted by Gasteiger charge is -2.27. The number of fused-ring (bicyclic) bond motifs is 1. The number of pyridine rings is 1. The predicted octanol–water partition coefficient (Wildman–Crippen LogP) is 5.91. The second-order valence-electron chi connectivity index (χ2n) is 8.72. The Balaban J connectivity index is 1.96. The normalized spacial score (nSPS) is 11.2. The van der Waals surface area contributed by atoms with E-state index >= 15 is 0 Å². The highest BCUT2D eigenvalue weighted by atomic mass is 16.2. The van der Waals surface area contributed by atoms with Crippen LogP contribution in [0.2, 0.25) is 0 Å². The van der Waals surface area contributed by atoms with Gasteiger partial charge >= 0.3 is 0 Å². The summed E-state index contributed by atoms with van der Waals surface area (Å²) in [6, 6.07) is 19.2. The maximum absolute atomic E-state index is 14.0. The number of aryl methyl sites for hydroxylation is 1. The molecule has 2 aromatic heterocycles. The Morgan fingerprint density at radius 2 is 1.82 bits per heavy atom. The van der Waals surface area contributed by atoms with Crippen LogP contribution in [0.25, 0.3) is 22.3 Å². The molecule has 0 aliphatic heterocycles. The van der Waals surface area contributed by atoms with E-state index in [1.165, 1.54) is 0 Å². The SMILES string of the molecule is Cc1ccccc1-c1cc(C(=O)N(c2cccc(C#N)c2)C(C)C)c2cnn(C(C)C)c2n1. The molecule has 0 atom stereocenters. The van der Waals surface area contributed by atoms with Gasteiger partial charge in [-0.15, -0.1) is 0 Å². The summed E-state index contributed by atoms with van der Waals surface area (Å²) in [6.07, 6.45) is 1.72. The third-order valence-corrected chi connectivity index (χ3v) is 5.70. The summed E-state index contributed by atoms with van der Waals surface area (Å²) < 4.78 is 1.85. The Labute approximate surface area is 194 Å². The first-order chi connectivity index (χ1) is 15.8. The lowest BCUT2D eigenvalue weighted by molar-refractivity contribution is 0.0982. The van der Waals surface area contributed by atoms with Crippen LogP contribution < -0.4 is 4.90 Å². The number of nitrogens with zero attached hydrogens (tertiary/aromatic N) is 5. The smallest absolute Gasteiger partial charge is 0.259 e. The zero-order valence-electron chi connectivity index (χ0n) is 19.6. The first-order valence-corrected chi connectivity index (χ1v) is 11.1. The predicted molar refractivity (Wildman–Crippen MR) is 131 cm³/mol. The van der Waals surface area contributed by atoms with E-state index in [1.807, 2.05) is 75.7 Å². The second kappa shape index (κ2) is 8.87. The summed E-state index contributed by atoms with van der Waals surface area (Å²) in [4.78, 5) is 20.7. The van der Waals surface area contributed by atoms with E-state index in [1.54, 1.807) is 29.3 Å². The van der Waals surface area contributed by atoms with Crippen LogP contribution in [0.4, 0.5) is 5.69 Å². The number of nitriles is 1. The second-order valence-corrected chi connectivity index (χ2v) is 8.72. The lowest BCUT2D eigenvalue weighted by Crippen LogP contribution is -2.37. The Hall–Kier alpha value is -3.98. The van der Waals surface area contributed by atoms with E-state index in [0.29, 0.717) is 27.8 Å². The summed E-state index contributed by atoms with van der Waals surface area (Å²) >= 11 is 0. The molecular formula is C27H27N5O. The van der Waals surface area contributed by atoms with E-state index < -0.39 is 0 Å². The molecule has 1 amide bonds. The minimum atomic E-state index is -0.148. The fourth-order valence-corrected chi connectivity index (χ4v) is 4.08. The molecule has 0 unspecified atom stereocenters. The Kier molecular flexibility index (Phi) is 5.97. The van der Waals surface area contributed by atoms with Gasteiger partial charge in [-0.2, -0.15) is 10.4 Å². The zero-order chi connectivity index (χ0) is 23.7. The van der Waals surface area contributed by atoms with Gasteiger partial charge in [0.1, 0.15) is 0 Å². The summed E-state index contributed by atoms with van der Waals surface area (Å²) in [5.41, 5.74) is 5.23. The maximum Gasteiger partial charge on any atom is 0.259 e. The van der Waals surface area contributed by atoms with Gasteiger partial charge in [-0.25, -0.2) is 9.67 Å². The van der Waals surface area contributed by atoms with Gasteiger partial charge in [0.15, 0.2) is 5.65 Å². The Morgan fingerprint density at radius 1 is 1.06 bits per heavy atom. The van der Waals surface area contributed by atoms with Crippen LogP contribution in [-0.2, 0) is 0 Å². The van der Waals surface area contributed by atoms with Crippen LogP contribution in [-0.4, -0.2) is 26.7 Å². The van der Waals surface area contributed by atoms with Crippen LogP contribution in [0.3, 0.4) is 0 Å². The van der Waals surface area contributed by atoms with Gasteiger partial charge < -0.3 is 4.90 Å². The minimum Gasteiger partial charge on any atom is -0.306 e. The molecular weight excluding hydrogens is 410 g/mol. The molecule has 0 fully saturated rings. The molecule has 4 aromatic rings. The van der Waals surface area contributed by atoms with Crippen LogP contribution >= 0.6 is 0 Å². The molecule has 4 rings (SSSR count). The number of hydrogen-bond donors (Lipinski definition) is 0. The fourth-order valence-electron chi connectivity index (χ4n) is 4.08. The van der Waals surface area contributed by atoms with Crippen molar-refractivity contribution in [1.29, 1.82) is 5.26 Å². The van der Waals surface area contributed by atoms with Gasteiger partial charge in [-0.3, -0.25) is 4.79 Å². The number of anilines is 1. The average molecular weight is 438 g/mol. The van der Waals surface area contributed by atoms with Crippen LogP contribution in [0.15, 0.2) is 60.8 Å². The van der Waals surface area contributed by atoms with Crippen molar-refractivity contribution in [3.8, 4) is 17.3 Å². The van der Waals surface area contributed by atoms with Crippen molar-refractivity contribution in [2.24, 2.45) is 0 Å². The number of aromatic nitrogens is 3. The van der Waals surface area contributed by atoms with Crippen molar-refractivity contribution >= 4 is 22.6 Å². The van der Waals surface area contributed by atoms with Gasteiger partial charge in [0.2, 0.25) is 0 Å². The molecule has 0 spiro atoms. The van der Waals surface area contributed by atoms with Gasteiger partial charge in [0.05, 0.1) is 34.5 Å². The quantitative estimate of drug-likeness (QED) is 0.389. The van der Waals surface area contributed by atoms with Crippen molar-refractivity contribution in [3.05, 3.63) is 77.5 Å². The molecule has 0 aliphatic rings. The zero-order valence-corrected chi connectivity index (χ0v) is 19.6. The fraction of sp³-hybridized carbons (Fsp3) is 0.259. The molecule has 0 aliphatic carbocycles. The first-order valence-electron chi connectivity index (χ1n) is 11.1. The van der Waals surface area contributed by atoms with Crippen LogP contribution in [0.5, 0.6) is 0 Å². The molecule has 2 aromatic carbocycles. The highest BCUT2D eigenvalue weighted by molar-refractivity contribution is 6.14. The van der Waals surface area contributed by atoms with Crippen molar-refractivity contribution in [2.45, 2.75) is 46.7 Å². The molecule has 0 saturated carbocycles. The summed E-state index contributed by atoms with van der Waals surface area (Å²) in [6.45, 7) is 10.1. The third kappa shape index (κ3) is 4.10. The number of amides is 1. The highest BCUT2D eigenvalue weighted by Crippen LogP contribution is 2.30. The summed E-state index contributed by atoms with van der Waals surface area (Å²) in [7, 11) is 0. The average Bonchev–Trinajstić information content (AvgIpc) is 3.23. The van der Waals surface area contributed by atoms with Crippen LogP contribution in [0, 0.1) is 18.3 Å². The van der Waals surface area contributed by atoms with E-state index in [4.69, 9.17) is 4.98 Å². The molecule has 0 bridgehead atoms. The first kappa shape index (κ1) is 22.2.